The van der Waals surface area contributed by atoms with Crippen LogP contribution in [0.15, 0.2) is 24.3 Å². The van der Waals surface area contributed by atoms with Gasteiger partial charge in [-0.3, -0.25) is 14.9 Å². The molecule has 0 radical (unpaired) electrons. The van der Waals surface area contributed by atoms with Crippen molar-refractivity contribution in [3.05, 3.63) is 29.8 Å². The van der Waals surface area contributed by atoms with Gasteiger partial charge in [-0.25, -0.2) is 4.79 Å². The number of carbonyl (C=O) groups excluding carboxylic acids is 2. The van der Waals surface area contributed by atoms with Crippen molar-refractivity contribution in [2.75, 3.05) is 13.7 Å². The number of rotatable bonds is 6. The van der Waals surface area contributed by atoms with Crippen LogP contribution in [-0.2, 0) is 16.0 Å². The quantitative estimate of drug-likeness (QED) is 0.705. The van der Waals surface area contributed by atoms with Crippen LogP contribution >= 0.6 is 0 Å². The largest absolute Gasteiger partial charge is 0.493 e. The summed E-state index contributed by atoms with van der Waals surface area (Å²) in [5.41, 5.74) is 0.616. The van der Waals surface area contributed by atoms with Gasteiger partial charge in [-0.2, -0.15) is 0 Å². The van der Waals surface area contributed by atoms with Gasteiger partial charge in [0.1, 0.15) is 5.75 Å². The number of ether oxygens (including phenoxy) is 1. The molecule has 3 N–H and O–H groups in total. The third-order valence-corrected chi connectivity index (χ3v) is 2.33. The van der Waals surface area contributed by atoms with Crippen molar-refractivity contribution in [3.8, 4) is 5.75 Å². The van der Waals surface area contributed by atoms with Gasteiger partial charge in [0.15, 0.2) is 0 Å². The molecule has 0 bridgehead atoms. The highest BCUT2D eigenvalue weighted by atomic mass is 16.5. The Balaban J connectivity index is 2.40. The Morgan fingerprint density at radius 3 is 2.70 bits per heavy atom. The zero-order valence-corrected chi connectivity index (χ0v) is 11.0. The second kappa shape index (κ2) is 7.78. The van der Waals surface area contributed by atoms with Crippen LogP contribution in [0.4, 0.5) is 4.79 Å². The first-order chi connectivity index (χ1) is 9.51. The molecule has 20 heavy (non-hydrogen) atoms. The number of hydrogen-bond acceptors (Lipinski definition) is 4. The first kappa shape index (κ1) is 15.5. The molecule has 0 fully saturated rings. The Morgan fingerprint density at radius 2 is 2.05 bits per heavy atom. The summed E-state index contributed by atoms with van der Waals surface area (Å²) in [5, 5.41) is 13.1. The van der Waals surface area contributed by atoms with E-state index in [0.717, 1.165) is 0 Å². The highest BCUT2D eigenvalue weighted by Gasteiger charge is 2.06. The number of carboxylic acid groups (broad SMARTS) is 1. The summed E-state index contributed by atoms with van der Waals surface area (Å²) in [6, 6.07) is 6.06. The normalized spacial score (nSPS) is 9.65. The number of carboxylic acids is 1. The average Bonchev–Trinajstić information content (AvgIpc) is 2.38. The summed E-state index contributed by atoms with van der Waals surface area (Å²) in [4.78, 5) is 32.7. The van der Waals surface area contributed by atoms with Crippen molar-refractivity contribution < 1.29 is 24.2 Å². The second-order valence-corrected chi connectivity index (χ2v) is 3.94. The fraction of sp³-hybridized carbons (Fsp3) is 0.308. The van der Waals surface area contributed by atoms with Crippen molar-refractivity contribution in [2.24, 2.45) is 0 Å². The maximum absolute atomic E-state index is 11.3. The maximum atomic E-state index is 11.3. The molecule has 0 spiro atoms. The van der Waals surface area contributed by atoms with Gasteiger partial charge in [0.05, 0.1) is 19.4 Å². The van der Waals surface area contributed by atoms with Crippen LogP contribution in [0.25, 0.3) is 0 Å². The molecule has 0 atom stereocenters. The molecule has 0 unspecified atom stereocenters. The van der Waals surface area contributed by atoms with E-state index in [4.69, 9.17) is 9.84 Å². The van der Waals surface area contributed by atoms with Gasteiger partial charge in [0.25, 0.3) is 0 Å². The number of benzene rings is 1. The van der Waals surface area contributed by atoms with Crippen LogP contribution in [0.2, 0.25) is 0 Å². The molecule has 0 aliphatic heterocycles. The number of hydrogen-bond donors (Lipinski definition) is 3. The summed E-state index contributed by atoms with van der Waals surface area (Å²) >= 11 is 0. The Morgan fingerprint density at radius 1 is 1.30 bits per heavy atom. The molecular formula is C13H16N2O5. The van der Waals surface area contributed by atoms with Gasteiger partial charge in [0, 0.05) is 7.05 Å². The molecule has 0 saturated heterocycles. The average molecular weight is 280 g/mol. The second-order valence-electron chi connectivity index (χ2n) is 3.94. The Hall–Kier alpha value is -2.57. The van der Waals surface area contributed by atoms with Crippen molar-refractivity contribution in [2.45, 2.75) is 12.8 Å². The molecule has 1 aromatic carbocycles. The molecule has 1 rings (SSSR count). The molecular weight excluding hydrogens is 264 g/mol. The summed E-state index contributed by atoms with van der Waals surface area (Å²) in [6.07, 6.45) is -0.0645. The maximum Gasteiger partial charge on any atom is 0.321 e. The lowest BCUT2D eigenvalue weighted by molar-refractivity contribution is -0.136. The smallest absolute Gasteiger partial charge is 0.321 e. The van der Waals surface area contributed by atoms with E-state index in [1.807, 2.05) is 0 Å². The molecule has 108 valence electrons. The number of imide groups is 1. The minimum atomic E-state index is -0.924. The van der Waals surface area contributed by atoms with Gasteiger partial charge >= 0.3 is 12.0 Å². The predicted octanol–water partition coefficient (Wildman–Crippen LogP) is 0.538. The van der Waals surface area contributed by atoms with Crippen LogP contribution in [0.3, 0.4) is 0 Å². The van der Waals surface area contributed by atoms with E-state index in [2.05, 4.69) is 10.6 Å². The third-order valence-electron chi connectivity index (χ3n) is 2.33. The van der Waals surface area contributed by atoms with Crippen LogP contribution < -0.4 is 15.4 Å². The third kappa shape index (κ3) is 5.85. The van der Waals surface area contributed by atoms with E-state index in [9.17, 15) is 14.4 Å². The van der Waals surface area contributed by atoms with Gasteiger partial charge in [-0.1, -0.05) is 12.1 Å². The summed E-state index contributed by atoms with van der Waals surface area (Å²) in [5.74, 6) is -0.894. The van der Waals surface area contributed by atoms with Crippen LogP contribution in [0, 0.1) is 0 Å². The zero-order valence-electron chi connectivity index (χ0n) is 11.0. The molecule has 0 saturated carbocycles. The number of urea groups is 1. The molecule has 3 amide bonds. The fourth-order valence-corrected chi connectivity index (χ4v) is 1.43. The van der Waals surface area contributed by atoms with E-state index in [1.54, 1.807) is 24.3 Å². The van der Waals surface area contributed by atoms with E-state index in [1.165, 1.54) is 7.05 Å². The van der Waals surface area contributed by atoms with Gasteiger partial charge < -0.3 is 15.2 Å². The topological polar surface area (TPSA) is 105 Å². The standard InChI is InChI=1S/C13H16N2O5/c1-14-13(19)15-11(16)5-6-20-10-4-2-3-9(7-10)8-12(17)18/h2-4,7H,5-6,8H2,1H3,(H,17,18)(H2,14,15,16,19). The highest BCUT2D eigenvalue weighted by molar-refractivity contribution is 5.94. The SMILES string of the molecule is CNC(=O)NC(=O)CCOc1cccc(CC(=O)O)c1. The predicted molar refractivity (Wildman–Crippen MR) is 70.5 cm³/mol. The number of aliphatic carboxylic acids is 1. The molecule has 0 heterocycles. The lowest BCUT2D eigenvalue weighted by atomic mass is 10.1. The van der Waals surface area contributed by atoms with Crippen molar-refractivity contribution in [1.82, 2.24) is 10.6 Å². The van der Waals surface area contributed by atoms with Crippen LogP contribution in [0.1, 0.15) is 12.0 Å². The fourth-order valence-electron chi connectivity index (χ4n) is 1.43. The molecule has 0 aliphatic carbocycles. The Kier molecular flexibility index (Phi) is 6.02. The molecule has 0 aromatic heterocycles. The zero-order chi connectivity index (χ0) is 15.0. The number of carbonyl (C=O) groups is 3. The van der Waals surface area contributed by atoms with E-state index in [-0.39, 0.29) is 19.4 Å². The lowest BCUT2D eigenvalue weighted by Gasteiger charge is -2.07. The van der Waals surface area contributed by atoms with Crippen molar-refractivity contribution in [3.63, 3.8) is 0 Å². The van der Waals surface area contributed by atoms with Crippen molar-refractivity contribution in [1.29, 1.82) is 0 Å². The molecule has 7 nitrogen and oxygen atoms in total. The lowest BCUT2D eigenvalue weighted by Crippen LogP contribution is -2.37. The summed E-state index contributed by atoms with van der Waals surface area (Å²) in [7, 11) is 1.41. The highest BCUT2D eigenvalue weighted by Crippen LogP contribution is 2.14. The monoisotopic (exact) mass is 280 g/mol. The Bertz CT molecular complexity index is 501. The Labute approximate surface area is 115 Å². The van der Waals surface area contributed by atoms with Crippen molar-refractivity contribution >= 4 is 17.9 Å². The number of nitrogens with one attached hydrogen (secondary N) is 2. The number of amides is 3. The van der Waals surface area contributed by atoms with Crippen LogP contribution in [-0.4, -0.2) is 36.7 Å². The van der Waals surface area contributed by atoms with Crippen LogP contribution in [0.5, 0.6) is 5.75 Å². The summed E-state index contributed by atoms with van der Waals surface area (Å²) < 4.78 is 5.33. The molecule has 0 aliphatic rings. The van der Waals surface area contributed by atoms with Gasteiger partial charge in [-0.15, -0.1) is 0 Å². The minimum Gasteiger partial charge on any atom is -0.493 e. The van der Waals surface area contributed by atoms with E-state index < -0.39 is 17.9 Å². The first-order valence-electron chi connectivity index (χ1n) is 5.96. The van der Waals surface area contributed by atoms with Gasteiger partial charge in [-0.05, 0) is 17.7 Å². The molecule has 7 heteroatoms. The summed E-state index contributed by atoms with van der Waals surface area (Å²) in [6.45, 7) is 0.0966. The first-order valence-corrected chi connectivity index (χ1v) is 5.96. The van der Waals surface area contributed by atoms with E-state index in [0.29, 0.717) is 11.3 Å². The minimum absolute atomic E-state index is 0.0244. The van der Waals surface area contributed by atoms with E-state index >= 15 is 0 Å². The molecule has 1 aromatic rings. The van der Waals surface area contributed by atoms with Gasteiger partial charge in [0.2, 0.25) is 5.91 Å².